The highest BCUT2D eigenvalue weighted by Crippen LogP contribution is 2.35. The van der Waals surface area contributed by atoms with Crippen molar-refractivity contribution in [3.8, 4) is 5.75 Å². The van der Waals surface area contributed by atoms with Crippen LogP contribution in [0.25, 0.3) is 6.08 Å². The van der Waals surface area contributed by atoms with Gasteiger partial charge in [-0.05, 0) is 25.1 Å². The van der Waals surface area contributed by atoms with E-state index in [1.807, 2.05) is 0 Å². The summed E-state index contributed by atoms with van der Waals surface area (Å²) < 4.78 is 40.6. The van der Waals surface area contributed by atoms with E-state index < -0.39 is 39.9 Å². The largest absolute Gasteiger partial charge is 0.506 e. The van der Waals surface area contributed by atoms with Gasteiger partial charge in [0.25, 0.3) is 5.91 Å². The van der Waals surface area contributed by atoms with Crippen molar-refractivity contribution in [3.63, 3.8) is 0 Å². The van der Waals surface area contributed by atoms with Crippen molar-refractivity contribution in [2.24, 2.45) is 0 Å². The van der Waals surface area contributed by atoms with Crippen LogP contribution >= 0.6 is 0 Å². The number of amides is 1. The van der Waals surface area contributed by atoms with Gasteiger partial charge in [-0.2, -0.15) is 8.42 Å². The molecule has 1 amide bonds. The molecule has 0 radical (unpaired) electrons. The smallest absolute Gasteiger partial charge is 0.326 e. The number of carbonyl (C=O) groups excluding carboxylic acids is 1. The average molecular weight is 327 g/mol. The molecule has 118 valence electrons. The third-order valence-electron chi connectivity index (χ3n) is 3.53. The van der Waals surface area contributed by atoms with Gasteiger partial charge in [0.2, 0.25) is 0 Å². The lowest BCUT2D eigenvalue weighted by Gasteiger charge is -2.18. The Bertz CT molecular complexity index is 768. The van der Waals surface area contributed by atoms with Crippen LogP contribution in [0.5, 0.6) is 5.75 Å². The van der Waals surface area contributed by atoms with Crippen LogP contribution in [0.4, 0.5) is 10.1 Å². The van der Waals surface area contributed by atoms with Crippen molar-refractivity contribution in [1.29, 1.82) is 0 Å². The first-order valence-corrected chi connectivity index (χ1v) is 8.07. The van der Waals surface area contributed by atoms with E-state index in [0.29, 0.717) is 10.8 Å². The van der Waals surface area contributed by atoms with Crippen molar-refractivity contribution >= 4 is 27.9 Å². The highest BCUT2D eigenvalue weighted by atomic mass is 32.2. The zero-order valence-corrected chi connectivity index (χ0v) is 12.3. The van der Waals surface area contributed by atoms with Gasteiger partial charge in [0.05, 0.1) is 0 Å². The van der Waals surface area contributed by atoms with Crippen LogP contribution in [0.2, 0.25) is 0 Å². The van der Waals surface area contributed by atoms with E-state index in [4.69, 9.17) is 0 Å². The predicted octanol–water partition coefficient (Wildman–Crippen LogP) is 0.0890. The third kappa shape index (κ3) is 2.53. The molecule has 0 saturated carbocycles. The first kappa shape index (κ1) is 14.8. The number of carbonyl (C=O) groups is 1. The van der Waals surface area contributed by atoms with Gasteiger partial charge in [-0.25, -0.2) is 13.4 Å². The first-order valence-electron chi connectivity index (χ1n) is 6.63. The molecule has 0 unspecified atom stereocenters. The molecular formula is C13H14FN3O4S. The van der Waals surface area contributed by atoms with Crippen LogP contribution in [-0.4, -0.2) is 39.1 Å². The Labute approximate surface area is 126 Å². The second-order valence-electron chi connectivity index (χ2n) is 5.10. The predicted molar refractivity (Wildman–Crippen MR) is 77.9 cm³/mol. The fourth-order valence-corrected chi connectivity index (χ4v) is 3.66. The molecule has 1 aromatic carbocycles. The lowest BCUT2D eigenvalue weighted by atomic mass is 10.1. The number of phenolic OH excluding ortho intramolecular Hbond substituents is 1. The van der Waals surface area contributed by atoms with E-state index in [-0.39, 0.29) is 5.56 Å². The molecule has 3 N–H and O–H groups in total. The molecule has 0 bridgehead atoms. The molecule has 0 atom stereocenters. The zero-order chi connectivity index (χ0) is 15.9. The highest BCUT2D eigenvalue weighted by Gasteiger charge is 2.37. The zero-order valence-electron chi connectivity index (χ0n) is 11.5. The standard InChI is InChI=1S/C13H14FN3O4S/c14-12-9(5-8-3-4-15-6-8)1-2-10(18)13(12)17-7-11(19)16-22(17,20)21/h1-2,5,15,18H,3-4,6-7H2,(H,16,19)/b8-5+. The number of nitrogens with zero attached hydrogens (tertiary/aromatic N) is 1. The molecule has 3 rings (SSSR count). The minimum atomic E-state index is -4.18. The Morgan fingerprint density at radius 3 is 2.73 bits per heavy atom. The number of benzene rings is 1. The topological polar surface area (TPSA) is 98.7 Å². The van der Waals surface area contributed by atoms with Gasteiger partial charge in [-0.15, -0.1) is 0 Å². The van der Waals surface area contributed by atoms with E-state index in [9.17, 15) is 22.7 Å². The van der Waals surface area contributed by atoms with Gasteiger partial charge in [0.15, 0.2) is 5.82 Å². The van der Waals surface area contributed by atoms with Gasteiger partial charge in [-0.3, -0.25) is 4.79 Å². The summed E-state index contributed by atoms with van der Waals surface area (Å²) in [4.78, 5) is 11.3. The van der Waals surface area contributed by atoms with Crippen LogP contribution in [0.1, 0.15) is 12.0 Å². The summed E-state index contributed by atoms with van der Waals surface area (Å²) in [7, 11) is -4.18. The molecule has 1 aromatic rings. The summed E-state index contributed by atoms with van der Waals surface area (Å²) in [5.74, 6) is -2.19. The highest BCUT2D eigenvalue weighted by molar-refractivity contribution is 7.92. The summed E-state index contributed by atoms with van der Waals surface area (Å²) in [6.45, 7) is 0.878. The number of hydrogen-bond acceptors (Lipinski definition) is 5. The summed E-state index contributed by atoms with van der Waals surface area (Å²) in [5.41, 5.74) is 0.633. The number of aromatic hydroxyl groups is 1. The molecule has 2 heterocycles. The summed E-state index contributed by atoms with van der Waals surface area (Å²) in [5, 5.41) is 12.9. The second-order valence-corrected chi connectivity index (χ2v) is 6.70. The molecule has 7 nitrogen and oxygen atoms in total. The first-order chi connectivity index (χ1) is 10.4. The molecule has 0 spiro atoms. The molecule has 2 saturated heterocycles. The molecule has 0 aromatic heterocycles. The molecule has 9 heteroatoms. The SMILES string of the molecule is O=C1CN(c2c(O)ccc(/C=C3\CCNC3)c2F)S(=O)(=O)N1. The van der Waals surface area contributed by atoms with Crippen LogP contribution in [0.3, 0.4) is 0 Å². The van der Waals surface area contributed by atoms with Crippen LogP contribution in [0, 0.1) is 5.82 Å². The van der Waals surface area contributed by atoms with Crippen LogP contribution < -0.4 is 14.3 Å². The van der Waals surface area contributed by atoms with Gasteiger partial charge in [-0.1, -0.05) is 11.6 Å². The summed E-state index contributed by atoms with van der Waals surface area (Å²) in [6.07, 6.45) is 2.40. The van der Waals surface area contributed by atoms with Crippen LogP contribution in [-0.2, 0) is 15.0 Å². The Morgan fingerprint density at radius 1 is 1.36 bits per heavy atom. The molecule has 0 aliphatic carbocycles. The Balaban J connectivity index is 2.08. The van der Waals surface area contributed by atoms with E-state index >= 15 is 0 Å². The lowest BCUT2D eigenvalue weighted by Crippen LogP contribution is -2.30. The van der Waals surface area contributed by atoms with Crippen LogP contribution in [0.15, 0.2) is 17.7 Å². The number of phenols is 1. The number of anilines is 1. The number of rotatable bonds is 2. The van der Waals surface area contributed by atoms with Crippen molar-refractivity contribution in [3.05, 3.63) is 29.1 Å². The molecule has 2 aliphatic heterocycles. The maximum Gasteiger partial charge on any atom is 0.326 e. The molecule has 2 aliphatic rings. The average Bonchev–Trinajstić information content (AvgIpc) is 3.01. The van der Waals surface area contributed by atoms with E-state index in [1.54, 1.807) is 10.8 Å². The van der Waals surface area contributed by atoms with E-state index in [2.05, 4.69) is 5.32 Å². The Morgan fingerprint density at radius 2 is 2.14 bits per heavy atom. The maximum atomic E-state index is 14.6. The second kappa shape index (κ2) is 5.25. The number of nitrogens with one attached hydrogen (secondary N) is 2. The van der Waals surface area contributed by atoms with Crippen molar-refractivity contribution < 1.29 is 22.7 Å². The monoisotopic (exact) mass is 327 g/mol. The molecular weight excluding hydrogens is 313 g/mol. The van der Waals surface area contributed by atoms with Crippen molar-refractivity contribution in [2.45, 2.75) is 6.42 Å². The molecule has 22 heavy (non-hydrogen) atoms. The Hall–Kier alpha value is -2.13. The van der Waals surface area contributed by atoms with E-state index in [1.165, 1.54) is 12.1 Å². The van der Waals surface area contributed by atoms with Crippen molar-refractivity contribution in [1.82, 2.24) is 10.0 Å². The minimum Gasteiger partial charge on any atom is -0.506 e. The number of hydrogen-bond donors (Lipinski definition) is 3. The normalized spacial score (nSPS) is 22.3. The van der Waals surface area contributed by atoms with Gasteiger partial charge in [0, 0.05) is 12.1 Å². The van der Waals surface area contributed by atoms with Gasteiger partial charge in [0.1, 0.15) is 18.0 Å². The minimum absolute atomic E-state index is 0.168. The Kier molecular flexibility index (Phi) is 3.53. The van der Waals surface area contributed by atoms with Crippen molar-refractivity contribution in [2.75, 3.05) is 23.9 Å². The maximum absolute atomic E-state index is 14.6. The molecule has 2 fully saturated rings. The van der Waals surface area contributed by atoms with Gasteiger partial charge < -0.3 is 10.4 Å². The summed E-state index contributed by atoms with van der Waals surface area (Å²) in [6, 6.07) is 2.59. The fourth-order valence-electron chi connectivity index (χ4n) is 2.49. The quantitative estimate of drug-likeness (QED) is 0.715. The number of halogens is 1. The van der Waals surface area contributed by atoms with E-state index in [0.717, 1.165) is 18.5 Å². The third-order valence-corrected chi connectivity index (χ3v) is 4.91. The summed E-state index contributed by atoms with van der Waals surface area (Å²) >= 11 is 0. The van der Waals surface area contributed by atoms with Gasteiger partial charge >= 0.3 is 10.2 Å². The lowest BCUT2D eigenvalue weighted by molar-refractivity contribution is -0.117. The fraction of sp³-hybridized carbons (Fsp3) is 0.308.